The van der Waals surface area contributed by atoms with Crippen molar-refractivity contribution in [3.05, 3.63) is 52.5 Å². The molecule has 1 fully saturated rings. The molecule has 1 N–H and O–H groups in total. The zero-order valence-corrected chi connectivity index (χ0v) is 16.0. The van der Waals surface area contributed by atoms with Crippen LogP contribution in [-0.2, 0) is 17.1 Å². The van der Waals surface area contributed by atoms with E-state index in [9.17, 15) is 13.2 Å². The summed E-state index contributed by atoms with van der Waals surface area (Å²) in [6, 6.07) is 10.2. The van der Waals surface area contributed by atoms with Crippen LogP contribution in [-0.4, -0.2) is 26.1 Å². The number of nitrogens with zero attached hydrogens (tertiary/aromatic N) is 2. The molecule has 0 radical (unpaired) electrons. The number of hydrogen-bond acceptors (Lipinski definition) is 5. The Hall–Kier alpha value is -2.74. The van der Waals surface area contributed by atoms with Crippen LogP contribution in [0.5, 0.6) is 0 Å². The SMILES string of the molecule is Cc1ccc(N2CCCC2)cc1NS(=O)(=O)c1ccc2c(c1)oc(=O)n2C. The Bertz CT molecular complexity index is 1170. The highest BCUT2D eigenvalue weighted by atomic mass is 32.2. The lowest BCUT2D eigenvalue weighted by atomic mass is 10.2. The van der Waals surface area contributed by atoms with E-state index in [1.165, 1.54) is 16.7 Å². The van der Waals surface area contributed by atoms with Gasteiger partial charge in [0.15, 0.2) is 5.58 Å². The third-order valence-electron chi connectivity index (χ3n) is 5.01. The first-order chi connectivity index (χ1) is 12.8. The molecule has 1 aliphatic rings. The summed E-state index contributed by atoms with van der Waals surface area (Å²) in [7, 11) is -2.23. The quantitative estimate of drug-likeness (QED) is 0.744. The molecule has 1 aliphatic heterocycles. The van der Waals surface area contributed by atoms with Crippen LogP contribution in [0.25, 0.3) is 11.1 Å². The molecule has 142 valence electrons. The van der Waals surface area contributed by atoms with E-state index in [1.807, 2.05) is 25.1 Å². The van der Waals surface area contributed by atoms with E-state index in [1.54, 1.807) is 13.1 Å². The Balaban J connectivity index is 1.69. The molecule has 0 bridgehead atoms. The van der Waals surface area contributed by atoms with Gasteiger partial charge in [-0.25, -0.2) is 13.2 Å². The minimum atomic E-state index is -3.81. The van der Waals surface area contributed by atoms with Gasteiger partial charge in [-0.15, -0.1) is 0 Å². The number of hydrogen-bond donors (Lipinski definition) is 1. The lowest BCUT2D eigenvalue weighted by molar-refractivity contribution is 0.527. The van der Waals surface area contributed by atoms with Crippen LogP contribution in [0.2, 0.25) is 0 Å². The second-order valence-electron chi connectivity index (χ2n) is 6.86. The fourth-order valence-electron chi connectivity index (χ4n) is 3.38. The van der Waals surface area contributed by atoms with Crippen LogP contribution in [0.15, 0.2) is 50.5 Å². The van der Waals surface area contributed by atoms with E-state index < -0.39 is 15.8 Å². The first-order valence-corrected chi connectivity index (χ1v) is 10.3. The van der Waals surface area contributed by atoms with E-state index >= 15 is 0 Å². The highest BCUT2D eigenvalue weighted by Gasteiger charge is 2.19. The summed E-state index contributed by atoms with van der Waals surface area (Å²) in [5, 5.41) is 0. The molecule has 0 amide bonds. The van der Waals surface area contributed by atoms with Gasteiger partial charge in [0.1, 0.15) is 0 Å². The highest BCUT2D eigenvalue weighted by Crippen LogP contribution is 2.28. The molecule has 2 aromatic carbocycles. The minimum absolute atomic E-state index is 0.0512. The number of aromatic nitrogens is 1. The average Bonchev–Trinajstić information content (AvgIpc) is 3.26. The van der Waals surface area contributed by atoms with Crippen molar-refractivity contribution in [2.24, 2.45) is 7.05 Å². The van der Waals surface area contributed by atoms with Crippen molar-refractivity contribution >= 4 is 32.5 Å². The zero-order chi connectivity index (χ0) is 19.2. The number of fused-ring (bicyclic) bond motifs is 1. The summed E-state index contributed by atoms with van der Waals surface area (Å²) in [5.41, 5.74) is 3.20. The summed E-state index contributed by atoms with van der Waals surface area (Å²) in [6.07, 6.45) is 2.30. The Morgan fingerprint density at radius 3 is 2.56 bits per heavy atom. The van der Waals surface area contributed by atoms with Gasteiger partial charge in [-0.3, -0.25) is 9.29 Å². The molecule has 0 aliphatic carbocycles. The first kappa shape index (κ1) is 17.7. The van der Waals surface area contributed by atoms with Gasteiger partial charge in [-0.1, -0.05) is 6.07 Å². The van der Waals surface area contributed by atoms with Crippen molar-refractivity contribution in [2.75, 3.05) is 22.7 Å². The molecule has 0 unspecified atom stereocenters. The maximum atomic E-state index is 12.9. The molecule has 4 rings (SSSR count). The molecule has 1 saturated heterocycles. The third-order valence-corrected chi connectivity index (χ3v) is 6.37. The number of sulfonamides is 1. The summed E-state index contributed by atoms with van der Waals surface area (Å²) >= 11 is 0. The Kier molecular flexibility index (Phi) is 4.22. The minimum Gasteiger partial charge on any atom is -0.408 e. The fraction of sp³-hybridized carbons (Fsp3) is 0.316. The lowest BCUT2D eigenvalue weighted by Gasteiger charge is -2.20. The number of anilines is 2. The zero-order valence-electron chi connectivity index (χ0n) is 15.2. The van der Waals surface area contributed by atoms with Crippen molar-refractivity contribution in [1.29, 1.82) is 0 Å². The summed E-state index contributed by atoms with van der Waals surface area (Å²) in [4.78, 5) is 13.9. The number of oxazole rings is 1. The van der Waals surface area contributed by atoms with Gasteiger partial charge in [0.05, 0.1) is 16.1 Å². The number of rotatable bonds is 4. The van der Waals surface area contributed by atoms with Crippen LogP contribution in [0, 0.1) is 6.92 Å². The van der Waals surface area contributed by atoms with Gasteiger partial charge in [0.25, 0.3) is 10.0 Å². The second-order valence-corrected chi connectivity index (χ2v) is 8.54. The van der Waals surface area contributed by atoms with Crippen LogP contribution < -0.4 is 15.4 Å². The van der Waals surface area contributed by atoms with Crippen LogP contribution in [0.1, 0.15) is 18.4 Å². The smallest absolute Gasteiger partial charge is 0.408 e. The fourth-order valence-corrected chi connectivity index (χ4v) is 4.51. The topological polar surface area (TPSA) is 84.6 Å². The normalized spacial score (nSPS) is 14.8. The lowest BCUT2D eigenvalue weighted by Crippen LogP contribution is -2.19. The van der Waals surface area contributed by atoms with Gasteiger partial charge >= 0.3 is 5.76 Å². The molecular formula is C19H21N3O4S. The van der Waals surface area contributed by atoms with Crippen molar-refractivity contribution in [2.45, 2.75) is 24.7 Å². The number of nitrogens with one attached hydrogen (secondary N) is 1. The third kappa shape index (κ3) is 3.21. The van der Waals surface area contributed by atoms with Crippen LogP contribution >= 0.6 is 0 Å². The molecule has 1 aromatic heterocycles. The summed E-state index contributed by atoms with van der Waals surface area (Å²) in [6.45, 7) is 3.84. The predicted molar refractivity (Wildman–Crippen MR) is 105 cm³/mol. The Morgan fingerprint density at radius 1 is 1.07 bits per heavy atom. The van der Waals surface area contributed by atoms with Crippen molar-refractivity contribution in [3.8, 4) is 0 Å². The second kappa shape index (κ2) is 6.45. The Morgan fingerprint density at radius 2 is 1.81 bits per heavy atom. The molecule has 0 atom stereocenters. The van der Waals surface area contributed by atoms with Gasteiger partial charge < -0.3 is 9.32 Å². The van der Waals surface area contributed by atoms with E-state index in [2.05, 4.69) is 9.62 Å². The molecule has 0 saturated carbocycles. The Labute approximate surface area is 157 Å². The monoisotopic (exact) mass is 387 g/mol. The van der Waals surface area contributed by atoms with Gasteiger partial charge in [0.2, 0.25) is 0 Å². The van der Waals surface area contributed by atoms with E-state index in [4.69, 9.17) is 4.42 Å². The van der Waals surface area contributed by atoms with Gasteiger partial charge in [-0.05, 0) is 49.6 Å². The molecular weight excluding hydrogens is 366 g/mol. The van der Waals surface area contributed by atoms with Crippen LogP contribution in [0.4, 0.5) is 11.4 Å². The first-order valence-electron chi connectivity index (χ1n) is 8.83. The standard InChI is InChI=1S/C19H21N3O4S/c1-13-5-6-14(22-9-3-4-10-22)11-16(13)20-27(24,25)15-7-8-17-18(12-15)26-19(23)21(17)2/h5-8,11-12,20H,3-4,9-10H2,1-2H3. The molecule has 27 heavy (non-hydrogen) atoms. The maximum Gasteiger partial charge on any atom is 0.419 e. The highest BCUT2D eigenvalue weighted by molar-refractivity contribution is 7.92. The van der Waals surface area contributed by atoms with Crippen molar-refractivity contribution in [1.82, 2.24) is 4.57 Å². The maximum absolute atomic E-state index is 12.9. The summed E-state index contributed by atoms with van der Waals surface area (Å²) in [5.74, 6) is -0.526. The van der Waals surface area contributed by atoms with Gasteiger partial charge in [0, 0.05) is 31.9 Å². The van der Waals surface area contributed by atoms with E-state index in [-0.39, 0.29) is 10.5 Å². The summed E-state index contributed by atoms with van der Waals surface area (Å²) < 4.78 is 34.9. The molecule has 3 aromatic rings. The van der Waals surface area contributed by atoms with Crippen molar-refractivity contribution < 1.29 is 12.8 Å². The predicted octanol–water partition coefficient (Wildman–Crippen LogP) is 2.84. The van der Waals surface area contributed by atoms with Crippen molar-refractivity contribution in [3.63, 3.8) is 0 Å². The van der Waals surface area contributed by atoms with E-state index in [0.717, 1.165) is 37.2 Å². The van der Waals surface area contributed by atoms with Gasteiger partial charge in [-0.2, -0.15) is 0 Å². The molecule has 2 heterocycles. The van der Waals surface area contributed by atoms with E-state index in [0.29, 0.717) is 11.2 Å². The molecule has 0 spiro atoms. The van der Waals surface area contributed by atoms with Crippen LogP contribution in [0.3, 0.4) is 0 Å². The number of aryl methyl sites for hydroxylation is 2. The number of benzene rings is 2. The molecule has 7 nitrogen and oxygen atoms in total. The average molecular weight is 387 g/mol. The largest absolute Gasteiger partial charge is 0.419 e. The molecule has 8 heteroatoms.